The van der Waals surface area contributed by atoms with Gasteiger partial charge in [0.1, 0.15) is 11.6 Å². The molecule has 0 aromatic heterocycles. The van der Waals surface area contributed by atoms with E-state index in [1.807, 2.05) is 0 Å². The zero-order chi connectivity index (χ0) is 16.3. The van der Waals surface area contributed by atoms with Crippen LogP contribution in [-0.2, 0) is 20.5 Å². The largest absolute Gasteiger partial charge is 0.468 e. The number of oxime groups is 1. The van der Waals surface area contributed by atoms with Crippen molar-refractivity contribution in [2.45, 2.75) is 19.2 Å². The minimum absolute atomic E-state index is 0.253. The van der Waals surface area contributed by atoms with Crippen molar-refractivity contribution in [1.29, 1.82) is 0 Å². The van der Waals surface area contributed by atoms with Gasteiger partial charge in [0, 0.05) is 5.56 Å². The van der Waals surface area contributed by atoms with E-state index in [1.165, 1.54) is 19.2 Å². The highest BCUT2D eigenvalue weighted by Crippen LogP contribution is 2.31. The van der Waals surface area contributed by atoms with Crippen LogP contribution in [0.15, 0.2) is 41.6 Å². The fourth-order valence-corrected chi connectivity index (χ4v) is 2.16. The molecule has 118 valence electrons. The number of methoxy groups -OCH3 is 1. The highest BCUT2D eigenvalue weighted by atomic mass is 19.4. The average Bonchev–Trinajstić information content (AvgIpc) is 2.90. The molecule has 0 saturated carbocycles. The molecule has 0 radical (unpaired) electrons. The number of alkyl halides is 3. The summed E-state index contributed by atoms with van der Waals surface area (Å²) in [7, 11) is 1.23. The quantitative estimate of drug-likeness (QED) is 0.636. The summed E-state index contributed by atoms with van der Waals surface area (Å²) in [5.74, 6) is -1.36. The maximum absolute atomic E-state index is 12.6. The number of benzene rings is 1. The minimum atomic E-state index is -4.41. The van der Waals surface area contributed by atoms with Gasteiger partial charge in [-0.1, -0.05) is 23.4 Å². The van der Waals surface area contributed by atoms with Gasteiger partial charge < -0.3 is 9.57 Å². The molecule has 1 aromatic carbocycles. The smallest absolute Gasteiger partial charge is 0.416 e. The van der Waals surface area contributed by atoms with Crippen LogP contribution in [0.1, 0.15) is 18.1 Å². The summed E-state index contributed by atoms with van der Waals surface area (Å²) in [5, 5.41) is 3.83. The number of carbonyl (C=O) groups is 1. The van der Waals surface area contributed by atoms with Gasteiger partial charge in [-0.3, -0.25) is 4.79 Å². The predicted molar refractivity (Wildman–Crippen MR) is 73.2 cm³/mol. The van der Waals surface area contributed by atoms with Crippen LogP contribution in [0.3, 0.4) is 0 Å². The van der Waals surface area contributed by atoms with Crippen molar-refractivity contribution in [2.75, 3.05) is 7.11 Å². The minimum Gasteiger partial charge on any atom is -0.468 e. The second-order valence-corrected chi connectivity index (χ2v) is 4.65. The van der Waals surface area contributed by atoms with Gasteiger partial charge in [0.15, 0.2) is 6.10 Å². The maximum atomic E-state index is 12.6. The number of esters is 1. The van der Waals surface area contributed by atoms with Gasteiger partial charge in [-0.15, -0.1) is 0 Å². The number of rotatable bonds is 3. The van der Waals surface area contributed by atoms with Gasteiger partial charge in [-0.05, 0) is 25.1 Å². The van der Waals surface area contributed by atoms with E-state index >= 15 is 0 Å². The highest BCUT2D eigenvalue weighted by Gasteiger charge is 2.40. The fourth-order valence-electron chi connectivity index (χ4n) is 2.16. The molecule has 0 N–H and O–H groups in total. The molecule has 1 aliphatic rings. The topological polar surface area (TPSA) is 47.9 Å². The van der Waals surface area contributed by atoms with Crippen LogP contribution in [0.25, 0.3) is 0 Å². The molecule has 0 saturated heterocycles. The van der Waals surface area contributed by atoms with Crippen LogP contribution in [0.5, 0.6) is 0 Å². The average molecular weight is 313 g/mol. The first kappa shape index (κ1) is 16.1. The van der Waals surface area contributed by atoms with Crippen LogP contribution < -0.4 is 0 Å². The van der Waals surface area contributed by atoms with Crippen molar-refractivity contribution in [2.24, 2.45) is 11.1 Å². The van der Waals surface area contributed by atoms with Gasteiger partial charge in [0.25, 0.3) is 0 Å². The molecule has 0 bridgehead atoms. The van der Waals surface area contributed by atoms with Crippen molar-refractivity contribution >= 4 is 11.7 Å². The standard InChI is InChI=1S/C15H14F3NO3/c1-3-4-11-12(14(20)21-2)13(19-22-11)9-5-7-10(8-6-9)15(16,17)18/h3-8,11-12H,1-2H3/b4-3+. The normalized spacial score (nSPS) is 21.6. The molecular formula is C15H14F3NO3. The van der Waals surface area contributed by atoms with E-state index in [-0.39, 0.29) is 5.71 Å². The summed E-state index contributed by atoms with van der Waals surface area (Å²) < 4.78 is 42.5. The lowest BCUT2D eigenvalue weighted by molar-refractivity contribution is -0.145. The van der Waals surface area contributed by atoms with Crippen LogP contribution in [-0.4, -0.2) is 24.9 Å². The number of allylic oxidation sites excluding steroid dienone is 1. The SMILES string of the molecule is C/C=C/C1ON=C(c2ccc(C(F)(F)F)cc2)C1C(=O)OC. The lowest BCUT2D eigenvalue weighted by atomic mass is 9.91. The number of halogens is 3. The van der Waals surface area contributed by atoms with Crippen molar-refractivity contribution < 1.29 is 27.5 Å². The lowest BCUT2D eigenvalue weighted by Crippen LogP contribution is -2.31. The zero-order valence-electron chi connectivity index (χ0n) is 11.9. The Hall–Kier alpha value is -2.31. The van der Waals surface area contributed by atoms with Gasteiger partial charge in [0.2, 0.25) is 0 Å². The van der Waals surface area contributed by atoms with E-state index in [4.69, 9.17) is 9.57 Å². The number of carbonyl (C=O) groups excluding carboxylic acids is 1. The number of hydrogen-bond acceptors (Lipinski definition) is 4. The first-order valence-corrected chi connectivity index (χ1v) is 6.50. The molecular weight excluding hydrogens is 299 g/mol. The first-order valence-electron chi connectivity index (χ1n) is 6.50. The van der Waals surface area contributed by atoms with Crippen molar-refractivity contribution in [1.82, 2.24) is 0 Å². The Morgan fingerprint density at radius 1 is 1.32 bits per heavy atom. The summed E-state index contributed by atoms with van der Waals surface area (Å²) in [5.41, 5.74) is -0.130. The third kappa shape index (κ3) is 3.13. The summed E-state index contributed by atoms with van der Waals surface area (Å²) in [4.78, 5) is 17.1. The molecule has 0 amide bonds. The second kappa shape index (κ2) is 6.21. The molecule has 1 aliphatic heterocycles. The van der Waals surface area contributed by atoms with Crippen LogP contribution in [0.2, 0.25) is 0 Å². The third-order valence-electron chi connectivity index (χ3n) is 3.24. The number of hydrogen-bond donors (Lipinski definition) is 0. The van der Waals surface area contributed by atoms with E-state index in [9.17, 15) is 18.0 Å². The maximum Gasteiger partial charge on any atom is 0.416 e. The molecule has 2 atom stereocenters. The third-order valence-corrected chi connectivity index (χ3v) is 3.24. The van der Waals surface area contributed by atoms with E-state index in [0.29, 0.717) is 5.56 Å². The Balaban J connectivity index is 2.32. The monoisotopic (exact) mass is 313 g/mol. The van der Waals surface area contributed by atoms with Crippen molar-refractivity contribution in [3.63, 3.8) is 0 Å². The van der Waals surface area contributed by atoms with Crippen molar-refractivity contribution in [3.8, 4) is 0 Å². The van der Waals surface area contributed by atoms with Gasteiger partial charge in [-0.2, -0.15) is 13.2 Å². The molecule has 1 aromatic rings. The second-order valence-electron chi connectivity index (χ2n) is 4.65. The fraction of sp³-hybridized carbons (Fsp3) is 0.333. The highest BCUT2D eigenvalue weighted by molar-refractivity contribution is 6.13. The lowest BCUT2D eigenvalue weighted by Gasteiger charge is -2.14. The zero-order valence-corrected chi connectivity index (χ0v) is 11.9. The van der Waals surface area contributed by atoms with Gasteiger partial charge >= 0.3 is 12.1 Å². The van der Waals surface area contributed by atoms with Crippen molar-refractivity contribution in [3.05, 3.63) is 47.5 Å². The number of nitrogens with zero attached hydrogens (tertiary/aromatic N) is 1. The molecule has 22 heavy (non-hydrogen) atoms. The molecule has 0 fully saturated rings. The van der Waals surface area contributed by atoms with Crippen LogP contribution >= 0.6 is 0 Å². The molecule has 1 heterocycles. The molecule has 2 rings (SSSR count). The first-order chi connectivity index (χ1) is 10.4. The Morgan fingerprint density at radius 3 is 2.45 bits per heavy atom. The summed E-state index contributed by atoms with van der Waals surface area (Å²) in [6.07, 6.45) is -1.70. The predicted octanol–water partition coefficient (Wildman–Crippen LogP) is 3.17. The number of ether oxygens (including phenoxy) is 1. The van der Waals surface area contributed by atoms with Gasteiger partial charge in [0.05, 0.1) is 12.7 Å². The Kier molecular flexibility index (Phi) is 4.54. The summed E-state index contributed by atoms with van der Waals surface area (Å²) >= 11 is 0. The Morgan fingerprint density at radius 2 is 1.95 bits per heavy atom. The Bertz CT molecular complexity index is 605. The molecule has 0 spiro atoms. The molecule has 0 aliphatic carbocycles. The molecule has 4 nitrogen and oxygen atoms in total. The Labute approximate surface area is 125 Å². The molecule has 2 unspecified atom stereocenters. The molecule has 7 heteroatoms. The summed E-state index contributed by atoms with van der Waals surface area (Å²) in [6.45, 7) is 1.76. The summed E-state index contributed by atoms with van der Waals surface area (Å²) in [6, 6.07) is 4.41. The van der Waals surface area contributed by atoms with E-state index in [2.05, 4.69) is 5.16 Å². The van der Waals surface area contributed by atoms with Gasteiger partial charge in [-0.25, -0.2) is 0 Å². The van der Waals surface area contributed by atoms with Crippen LogP contribution in [0.4, 0.5) is 13.2 Å². The van der Waals surface area contributed by atoms with Crippen LogP contribution in [0, 0.1) is 5.92 Å². The van der Waals surface area contributed by atoms with E-state index in [0.717, 1.165) is 12.1 Å². The van der Waals surface area contributed by atoms with E-state index < -0.39 is 29.7 Å². The van der Waals surface area contributed by atoms with E-state index in [1.54, 1.807) is 19.1 Å².